The van der Waals surface area contributed by atoms with E-state index >= 15 is 0 Å². The first-order valence-corrected chi connectivity index (χ1v) is 16.4. The van der Waals surface area contributed by atoms with Crippen LogP contribution < -0.4 is 9.62 Å². The number of carbonyl (C=O) groups excluding carboxylic acids is 2. The molecule has 0 aromatic heterocycles. The van der Waals surface area contributed by atoms with Gasteiger partial charge in [-0.25, -0.2) is 8.42 Å². The predicted octanol–water partition coefficient (Wildman–Crippen LogP) is 6.66. The second-order valence-electron chi connectivity index (χ2n) is 10.8. The molecule has 0 bridgehead atoms. The quantitative estimate of drug-likeness (QED) is 0.186. The number of rotatable bonds is 12. The molecule has 4 aromatic rings. The molecule has 0 fully saturated rings. The van der Waals surface area contributed by atoms with Crippen LogP contribution in [0, 0.1) is 6.92 Å². The fourth-order valence-corrected chi connectivity index (χ4v) is 6.63. The topological polar surface area (TPSA) is 86.8 Å². The third-order valence-electron chi connectivity index (χ3n) is 6.99. The monoisotopic (exact) mass is 651 g/mol. The van der Waals surface area contributed by atoms with E-state index in [9.17, 15) is 18.0 Å². The van der Waals surface area contributed by atoms with E-state index in [0.29, 0.717) is 21.3 Å². The second kappa shape index (κ2) is 14.8. The highest BCUT2D eigenvalue weighted by Crippen LogP contribution is 2.27. The van der Waals surface area contributed by atoms with Crippen LogP contribution in [0.5, 0.6) is 0 Å². The van der Waals surface area contributed by atoms with Crippen molar-refractivity contribution in [1.29, 1.82) is 0 Å². The van der Waals surface area contributed by atoms with Gasteiger partial charge in [-0.15, -0.1) is 0 Å². The van der Waals surface area contributed by atoms with Gasteiger partial charge in [0.15, 0.2) is 0 Å². The van der Waals surface area contributed by atoms with Crippen molar-refractivity contribution < 1.29 is 18.0 Å². The van der Waals surface area contributed by atoms with Crippen LogP contribution in [-0.2, 0) is 32.6 Å². The summed E-state index contributed by atoms with van der Waals surface area (Å²) in [6, 6.07) is 28.0. The van der Waals surface area contributed by atoms with E-state index in [-0.39, 0.29) is 29.8 Å². The lowest BCUT2D eigenvalue weighted by Gasteiger charge is -2.34. The summed E-state index contributed by atoms with van der Waals surface area (Å²) in [5.41, 5.74) is 2.66. The molecule has 0 aliphatic carbocycles. The number of anilines is 1. The first-order valence-electron chi connectivity index (χ1n) is 14.2. The molecular formula is C34H35Cl2N3O4S. The molecule has 0 unspecified atom stereocenters. The largest absolute Gasteiger partial charge is 0.352 e. The number of aryl methyl sites for hydroxylation is 1. The molecule has 7 nitrogen and oxygen atoms in total. The summed E-state index contributed by atoms with van der Waals surface area (Å²) in [6.45, 7) is 4.97. The molecule has 1 atom stereocenters. The SMILES string of the molecule is Cc1ccc(N(CC(=O)N(Cc2ccc(Cl)cc2Cl)[C@H](Cc2ccccc2)C(=O)NC(C)C)S(=O)(=O)c2ccccc2)cc1. The predicted molar refractivity (Wildman–Crippen MR) is 176 cm³/mol. The molecule has 10 heteroatoms. The number of hydrogen-bond acceptors (Lipinski definition) is 4. The van der Waals surface area contributed by atoms with Crippen LogP contribution in [0.4, 0.5) is 5.69 Å². The van der Waals surface area contributed by atoms with Crippen molar-refractivity contribution in [3.8, 4) is 0 Å². The number of amides is 2. The zero-order valence-electron chi connectivity index (χ0n) is 24.8. The van der Waals surface area contributed by atoms with Crippen LogP contribution in [0.1, 0.15) is 30.5 Å². The Kier molecular flexibility index (Phi) is 11.1. The minimum Gasteiger partial charge on any atom is -0.352 e. The first kappa shape index (κ1) is 33.1. The van der Waals surface area contributed by atoms with E-state index < -0.39 is 28.5 Å². The Labute approximate surface area is 269 Å². The van der Waals surface area contributed by atoms with Gasteiger partial charge in [0.05, 0.1) is 10.6 Å². The van der Waals surface area contributed by atoms with Crippen LogP contribution in [-0.4, -0.2) is 43.8 Å². The number of nitrogens with zero attached hydrogens (tertiary/aromatic N) is 2. The Morgan fingerprint density at radius 1 is 0.841 bits per heavy atom. The summed E-state index contributed by atoms with van der Waals surface area (Å²) in [5, 5.41) is 3.69. The van der Waals surface area contributed by atoms with Gasteiger partial charge in [0.1, 0.15) is 12.6 Å². The van der Waals surface area contributed by atoms with E-state index in [2.05, 4.69) is 5.32 Å². The van der Waals surface area contributed by atoms with E-state index in [4.69, 9.17) is 23.2 Å². The summed E-state index contributed by atoms with van der Waals surface area (Å²) in [6.07, 6.45) is 0.201. The average molecular weight is 653 g/mol. The van der Waals surface area contributed by atoms with Gasteiger partial charge < -0.3 is 10.2 Å². The number of nitrogens with one attached hydrogen (secondary N) is 1. The maximum absolute atomic E-state index is 14.4. The second-order valence-corrected chi connectivity index (χ2v) is 13.5. The fourth-order valence-electron chi connectivity index (χ4n) is 4.73. The molecule has 4 aromatic carbocycles. The van der Waals surface area contributed by atoms with Crippen molar-refractivity contribution in [3.63, 3.8) is 0 Å². The standard InChI is InChI=1S/C34H35Cl2N3O4S/c1-24(2)37-34(41)32(20-26-10-6-4-7-11-26)38(22-27-16-17-28(35)21-31(27)36)33(40)23-39(29-18-14-25(3)15-19-29)44(42,43)30-12-8-5-9-13-30/h4-19,21,24,32H,20,22-23H2,1-3H3,(H,37,41)/t32-/m1/s1. The normalized spacial score (nSPS) is 12.0. The first-order chi connectivity index (χ1) is 21.0. The molecule has 230 valence electrons. The fraction of sp³-hybridized carbons (Fsp3) is 0.235. The lowest BCUT2D eigenvalue weighted by molar-refractivity contribution is -0.140. The third kappa shape index (κ3) is 8.40. The van der Waals surface area contributed by atoms with Crippen molar-refractivity contribution in [3.05, 3.63) is 130 Å². The van der Waals surface area contributed by atoms with Gasteiger partial charge in [-0.1, -0.05) is 95.5 Å². The van der Waals surface area contributed by atoms with Crippen molar-refractivity contribution in [1.82, 2.24) is 10.2 Å². The summed E-state index contributed by atoms with van der Waals surface area (Å²) in [4.78, 5) is 29.6. The van der Waals surface area contributed by atoms with Crippen LogP contribution in [0.2, 0.25) is 10.0 Å². The average Bonchev–Trinajstić information content (AvgIpc) is 2.99. The number of carbonyl (C=O) groups is 2. The van der Waals surface area contributed by atoms with Crippen molar-refractivity contribution in [2.75, 3.05) is 10.8 Å². The molecule has 0 saturated heterocycles. The van der Waals surface area contributed by atoms with Gasteiger partial charge >= 0.3 is 0 Å². The summed E-state index contributed by atoms with van der Waals surface area (Å²) in [5.74, 6) is -0.939. The molecular weight excluding hydrogens is 617 g/mol. The number of hydrogen-bond donors (Lipinski definition) is 1. The zero-order valence-corrected chi connectivity index (χ0v) is 27.1. The molecule has 0 radical (unpaired) electrons. The highest BCUT2D eigenvalue weighted by atomic mass is 35.5. The maximum Gasteiger partial charge on any atom is 0.264 e. The number of halogens is 2. The van der Waals surface area contributed by atoms with Gasteiger partial charge in [-0.3, -0.25) is 13.9 Å². The Hall–Kier alpha value is -3.85. The maximum atomic E-state index is 14.4. The van der Waals surface area contributed by atoms with E-state index in [0.717, 1.165) is 15.4 Å². The Morgan fingerprint density at radius 3 is 2.05 bits per heavy atom. The van der Waals surface area contributed by atoms with Crippen LogP contribution in [0.25, 0.3) is 0 Å². The summed E-state index contributed by atoms with van der Waals surface area (Å²) in [7, 11) is -4.16. The smallest absolute Gasteiger partial charge is 0.264 e. The van der Waals surface area contributed by atoms with Crippen LogP contribution in [0.15, 0.2) is 108 Å². The summed E-state index contributed by atoms with van der Waals surface area (Å²) >= 11 is 12.7. The molecule has 0 aliphatic heterocycles. The molecule has 2 amide bonds. The minimum atomic E-state index is -4.16. The van der Waals surface area contributed by atoms with E-state index in [1.807, 2.05) is 51.1 Å². The molecule has 0 heterocycles. The van der Waals surface area contributed by atoms with E-state index in [1.54, 1.807) is 60.7 Å². The van der Waals surface area contributed by atoms with Gasteiger partial charge in [-0.05, 0) is 68.3 Å². The van der Waals surface area contributed by atoms with Crippen molar-refractivity contribution in [2.24, 2.45) is 0 Å². The highest BCUT2D eigenvalue weighted by molar-refractivity contribution is 7.92. The molecule has 44 heavy (non-hydrogen) atoms. The zero-order chi connectivity index (χ0) is 31.9. The lowest BCUT2D eigenvalue weighted by Crippen LogP contribution is -2.54. The third-order valence-corrected chi connectivity index (χ3v) is 9.36. The molecule has 0 aliphatic rings. The molecule has 4 rings (SSSR count). The van der Waals surface area contributed by atoms with Gasteiger partial charge in [0.2, 0.25) is 11.8 Å². The molecule has 0 spiro atoms. The minimum absolute atomic E-state index is 0.0408. The lowest BCUT2D eigenvalue weighted by atomic mass is 10.0. The Balaban J connectivity index is 1.81. The Morgan fingerprint density at radius 2 is 1.45 bits per heavy atom. The molecule has 0 saturated carbocycles. The highest BCUT2D eigenvalue weighted by Gasteiger charge is 2.35. The van der Waals surface area contributed by atoms with Crippen LogP contribution in [0.3, 0.4) is 0 Å². The van der Waals surface area contributed by atoms with Crippen LogP contribution >= 0.6 is 23.2 Å². The number of benzene rings is 4. The summed E-state index contributed by atoms with van der Waals surface area (Å²) < 4.78 is 29.1. The van der Waals surface area contributed by atoms with E-state index in [1.165, 1.54) is 17.0 Å². The Bertz CT molecular complexity index is 1680. The number of sulfonamides is 1. The van der Waals surface area contributed by atoms with Crippen molar-refractivity contribution in [2.45, 2.75) is 50.7 Å². The van der Waals surface area contributed by atoms with Gasteiger partial charge in [-0.2, -0.15) is 0 Å². The molecule has 1 N–H and O–H groups in total. The van der Waals surface area contributed by atoms with Gasteiger partial charge in [0.25, 0.3) is 10.0 Å². The van der Waals surface area contributed by atoms with Gasteiger partial charge in [0, 0.05) is 29.1 Å². The van der Waals surface area contributed by atoms with Crippen molar-refractivity contribution >= 4 is 50.7 Å².